The number of hydrogen-bond donors (Lipinski definition) is 1. The average molecular weight is 382 g/mol. The highest BCUT2D eigenvalue weighted by Crippen LogP contribution is 2.22. The minimum absolute atomic E-state index is 0.00420. The molecule has 1 saturated heterocycles. The van der Waals surface area contributed by atoms with E-state index in [2.05, 4.69) is 19.2 Å². The molecule has 1 aliphatic rings. The van der Waals surface area contributed by atoms with Crippen molar-refractivity contribution in [2.24, 2.45) is 5.92 Å². The molecule has 1 aliphatic heterocycles. The van der Waals surface area contributed by atoms with Crippen LogP contribution < -0.4 is 5.32 Å². The van der Waals surface area contributed by atoms with Gasteiger partial charge in [0.1, 0.15) is 0 Å². The van der Waals surface area contributed by atoms with E-state index in [9.17, 15) is 13.2 Å². The highest BCUT2D eigenvalue weighted by molar-refractivity contribution is 7.89. The van der Waals surface area contributed by atoms with E-state index in [0.717, 1.165) is 11.1 Å². The first-order valence-corrected chi connectivity index (χ1v) is 10.7. The van der Waals surface area contributed by atoms with Gasteiger partial charge >= 0.3 is 0 Å². The summed E-state index contributed by atoms with van der Waals surface area (Å²) in [6.07, 6.45) is 0. The molecule has 146 valence electrons. The molecular formula is C19H31N3O3S. The molecule has 0 bridgehead atoms. The Hall–Kier alpha value is -1.44. The van der Waals surface area contributed by atoms with E-state index in [1.807, 2.05) is 37.8 Å². The van der Waals surface area contributed by atoms with E-state index in [1.165, 1.54) is 4.31 Å². The van der Waals surface area contributed by atoms with Crippen LogP contribution in [0, 0.1) is 19.8 Å². The molecule has 7 heteroatoms. The van der Waals surface area contributed by atoms with Crippen LogP contribution in [-0.4, -0.2) is 62.3 Å². The predicted molar refractivity (Wildman–Crippen MR) is 104 cm³/mol. The number of piperazine rings is 1. The van der Waals surface area contributed by atoms with Gasteiger partial charge in [0.25, 0.3) is 0 Å². The average Bonchev–Trinajstić information content (AvgIpc) is 2.61. The summed E-state index contributed by atoms with van der Waals surface area (Å²) in [6.45, 7) is 12.3. The molecule has 0 radical (unpaired) electrons. The quantitative estimate of drug-likeness (QED) is 0.815. The molecule has 0 spiro atoms. The first-order chi connectivity index (χ1) is 12.1. The first-order valence-electron chi connectivity index (χ1n) is 9.22. The number of rotatable bonds is 6. The maximum Gasteiger partial charge on any atom is 0.243 e. The van der Waals surface area contributed by atoms with Crippen molar-refractivity contribution < 1.29 is 13.2 Å². The summed E-state index contributed by atoms with van der Waals surface area (Å²) in [4.78, 5) is 14.7. The molecule has 0 aromatic heterocycles. The molecule has 0 aliphatic carbocycles. The predicted octanol–water partition coefficient (Wildman–Crippen LogP) is 1.77. The van der Waals surface area contributed by atoms with Crippen molar-refractivity contribution in [1.29, 1.82) is 0 Å². The van der Waals surface area contributed by atoms with Crippen molar-refractivity contribution in [3.63, 3.8) is 0 Å². The van der Waals surface area contributed by atoms with Crippen LogP contribution in [-0.2, 0) is 14.8 Å². The second kappa shape index (κ2) is 8.50. The van der Waals surface area contributed by atoms with Crippen LogP contribution in [0.5, 0.6) is 0 Å². The monoisotopic (exact) mass is 381 g/mol. The van der Waals surface area contributed by atoms with Crippen LogP contribution in [0.3, 0.4) is 0 Å². The van der Waals surface area contributed by atoms with E-state index >= 15 is 0 Å². The van der Waals surface area contributed by atoms with Gasteiger partial charge in [-0.1, -0.05) is 26.0 Å². The van der Waals surface area contributed by atoms with Gasteiger partial charge in [-0.05, 0) is 43.9 Å². The van der Waals surface area contributed by atoms with Crippen molar-refractivity contribution in [2.75, 3.05) is 32.7 Å². The van der Waals surface area contributed by atoms with Crippen molar-refractivity contribution >= 4 is 15.9 Å². The topological polar surface area (TPSA) is 69.7 Å². The van der Waals surface area contributed by atoms with Crippen LogP contribution in [0.1, 0.15) is 31.9 Å². The Balaban J connectivity index is 2.01. The fourth-order valence-corrected chi connectivity index (χ4v) is 4.81. The largest absolute Gasteiger partial charge is 0.354 e. The molecular weight excluding hydrogens is 350 g/mol. The lowest BCUT2D eigenvalue weighted by Crippen LogP contribution is -2.55. The number of benzene rings is 1. The number of nitrogens with zero attached hydrogens (tertiary/aromatic N) is 2. The zero-order valence-corrected chi connectivity index (χ0v) is 17.3. The molecule has 1 atom stereocenters. The lowest BCUT2D eigenvalue weighted by atomic mass is 10.2. The Kier molecular flexibility index (Phi) is 6.82. The highest BCUT2D eigenvalue weighted by Gasteiger charge is 2.32. The van der Waals surface area contributed by atoms with Crippen molar-refractivity contribution in [3.05, 3.63) is 29.3 Å². The summed E-state index contributed by atoms with van der Waals surface area (Å²) in [7, 11) is -3.50. The molecule has 0 unspecified atom stereocenters. The first kappa shape index (κ1) is 20.9. The SMILES string of the molecule is Cc1ccc(C)c(S(=O)(=O)N2CCN([C@@H](C)C(=O)NCC(C)C)CC2)c1. The van der Waals surface area contributed by atoms with Crippen LogP contribution in [0.4, 0.5) is 0 Å². The number of nitrogens with one attached hydrogen (secondary N) is 1. The van der Waals surface area contributed by atoms with Gasteiger partial charge in [0.2, 0.25) is 15.9 Å². The van der Waals surface area contributed by atoms with Gasteiger partial charge in [0, 0.05) is 32.7 Å². The highest BCUT2D eigenvalue weighted by atomic mass is 32.2. The van der Waals surface area contributed by atoms with Crippen molar-refractivity contribution in [2.45, 2.75) is 45.6 Å². The minimum Gasteiger partial charge on any atom is -0.354 e. The Morgan fingerprint density at radius 2 is 1.73 bits per heavy atom. The molecule has 1 fully saturated rings. The number of aryl methyl sites for hydroxylation is 2. The molecule has 1 amide bonds. The Morgan fingerprint density at radius 1 is 1.12 bits per heavy atom. The number of amides is 1. The van der Waals surface area contributed by atoms with Gasteiger partial charge in [0.05, 0.1) is 10.9 Å². The fourth-order valence-electron chi connectivity index (χ4n) is 3.07. The van der Waals surface area contributed by atoms with Gasteiger partial charge < -0.3 is 5.32 Å². The third-order valence-electron chi connectivity index (χ3n) is 4.85. The zero-order valence-electron chi connectivity index (χ0n) is 16.4. The van der Waals surface area contributed by atoms with Crippen LogP contribution in [0.15, 0.2) is 23.1 Å². The fraction of sp³-hybridized carbons (Fsp3) is 0.632. The summed E-state index contributed by atoms with van der Waals surface area (Å²) < 4.78 is 27.5. The van der Waals surface area contributed by atoms with E-state index in [0.29, 0.717) is 43.5 Å². The molecule has 1 aromatic rings. The molecule has 1 aromatic carbocycles. The van der Waals surface area contributed by atoms with Crippen molar-refractivity contribution in [1.82, 2.24) is 14.5 Å². The Bertz CT molecular complexity index is 738. The maximum atomic E-state index is 13.0. The second-order valence-electron chi connectivity index (χ2n) is 7.52. The lowest BCUT2D eigenvalue weighted by Gasteiger charge is -2.37. The van der Waals surface area contributed by atoms with E-state index in [4.69, 9.17) is 0 Å². The second-order valence-corrected chi connectivity index (χ2v) is 9.43. The van der Waals surface area contributed by atoms with Crippen molar-refractivity contribution in [3.8, 4) is 0 Å². The van der Waals surface area contributed by atoms with Gasteiger partial charge in [-0.3, -0.25) is 9.69 Å². The van der Waals surface area contributed by atoms with E-state index in [1.54, 1.807) is 6.07 Å². The summed E-state index contributed by atoms with van der Waals surface area (Å²) in [5.41, 5.74) is 1.70. The summed E-state index contributed by atoms with van der Waals surface area (Å²) in [6, 6.07) is 5.25. The third kappa shape index (κ3) is 4.84. The van der Waals surface area contributed by atoms with Gasteiger partial charge in [-0.25, -0.2) is 8.42 Å². The van der Waals surface area contributed by atoms with Crippen LogP contribution in [0.2, 0.25) is 0 Å². The standard InChI is InChI=1S/C19H31N3O3S/c1-14(2)13-20-19(23)17(5)21-8-10-22(11-9-21)26(24,25)18-12-15(3)6-7-16(18)4/h6-7,12,14,17H,8-11,13H2,1-5H3,(H,20,23)/t17-/m0/s1. The van der Waals surface area contributed by atoms with Crippen LogP contribution in [0.25, 0.3) is 0 Å². The zero-order chi connectivity index (χ0) is 19.5. The third-order valence-corrected chi connectivity index (χ3v) is 6.89. The molecule has 26 heavy (non-hydrogen) atoms. The van der Waals surface area contributed by atoms with E-state index in [-0.39, 0.29) is 11.9 Å². The number of hydrogen-bond acceptors (Lipinski definition) is 4. The van der Waals surface area contributed by atoms with Gasteiger partial charge in [0.15, 0.2) is 0 Å². The maximum absolute atomic E-state index is 13.0. The summed E-state index contributed by atoms with van der Waals surface area (Å²) in [5, 5.41) is 2.95. The molecule has 1 N–H and O–H groups in total. The minimum atomic E-state index is -3.50. The smallest absolute Gasteiger partial charge is 0.243 e. The van der Waals surface area contributed by atoms with E-state index < -0.39 is 10.0 Å². The number of sulfonamides is 1. The summed E-state index contributed by atoms with van der Waals surface area (Å²) in [5.74, 6) is 0.412. The van der Waals surface area contributed by atoms with Gasteiger partial charge in [-0.2, -0.15) is 4.31 Å². The molecule has 1 heterocycles. The molecule has 0 saturated carbocycles. The molecule has 6 nitrogen and oxygen atoms in total. The molecule has 2 rings (SSSR count). The Morgan fingerprint density at radius 3 is 2.31 bits per heavy atom. The lowest BCUT2D eigenvalue weighted by molar-refractivity contribution is -0.126. The van der Waals surface area contributed by atoms with Gasteiger partial charge in [-0.15, -0.1) is 0 Å². The Labute approximate surface area is 157 Å². The van der Waals surface area contributed by atoms with Crippen LogP contribution >= 0.6 is 0 Å². The summed E-state index contributed by atoms with van der Waals surface area (Å²) >= 11 is 0. The normalized spacial score (nSPS) is 18.1. The number of carbonyl (C=O) groups is 1. The number of carbonyl (C=O) groups excluding carboxylic acids is 1.